The topological polar surface area (TPSA) is 95.9 Å². The van der Waals surface area contributed by atoms with E-state index in [9.17, 15) is 19.8 Å². The highest BCUT2D eigenvalue weighted by Gasteiger charge is 2.24. The van der Waals surface area contributed by atoms with Crippen LogP contribution >= 0.6 is 0 Å². The monoisotopic (exact) mass is 806 g/mol. The zero-order chi connectivity index (χ0) is 41.7. The van der Waals surface area contributed by atoms with Gasteiger partial charge in [0.1, 0.15) is 6.10 Å². The van der Waals surface area contributed by atoms with Gasteiger partial charge in [0.25, 0.3) is 0 Å². The van der Waals surface area contributed by atoms with Crippen molar-refractivity contribution in [2.24, 2.45) is 0 Å². The summed E-state index contributed by atoms with van der Waals surface area (Å²) in [6, 6.07) is -0.695. The van der Waals surface area contributed by atoms with Gasteiger partial charge in [0.2, 0.25) is 5.91 Å². The van der Waals surface area contributed by atoms with E-state index in [-0.39, 0.29) is 24.9 Å². The van der Waals surface area contributed by atoms with Gasteiger partial charge < -0.3 is 20.3 Å². The molecule has 3 unspecified atom stereocenters. The van der Waals surface area contributed by atoms with Crippen LogP contribution < -0.4 is 5.32 Å². The van der Waals surface area contributed by atoms with Crippen LogP contribution in [0.4, 0.5) is 0 Å². The lowest BCUT2D eigenvalue weighted by molar-refractivity contribution is -0.151. The van der Waals surface area contributed by atoms with Crippen LogP contribution in [0.5, 0.6) is 0 Å². The summed E-state index contributed by atoms with van der Waals surface area (Å²) in [5.41, 5.74) is 0. The minimum absolute atomic E-state index is 0.0801. The van der Waals surface area contributed by atoms with E-state index >= 15 is 0 Å². The standard InChI is InChI=1S/C51H99NO5/c1-4-7-10-13-16-19-21-23-24-25-26-27-28-30-32-35-38-41-44-51(56)57-47(42-39-36-33-18-15-12-9-6-3)45-50(55)52-48(46-53)49(54)43-40-37-34-31-29-22-20-17-14-11-8-5-2/h26-27,47-49,53-54H,4-25,28-46H2,1-3H3,(H,52,55)/b27-26+. The van der Waals surface area contributed by atoms with Crippen molar-refractivity contribution >= 4 is 11.9 Å². The van der Waals surface area contributed by atoms with Crippen LogP contribution in [0.2, 0.25) is 0 Å². The molecule has 0 saturated carbocycles. The molecular formula is C51H99NO5. The van der Waals surface area contributed by atoms with E-state index in [1.807, 2.05) is 0 Å². The quantitative estimate of drug-likeness (QED) is 0.0323. The predicted molar refractivity (Wildman–Crippen MR) is 246 cm³/mol. The summed E-state index contributed by atoms with van der Waals surface area (Å²) >= 11 is 0. The summed E-state index contributed by atoms with van der Waals surface area (Å²) in [4.78, 5) is 26.0. The summed E-state index contributed by atoms with van der Waals surface area (Å²) in [7, 11) is 0. The van der Waals surface area contributed by atoms with E-state index in [0.29, 0.717) is 19.3 Å². The van der Waals surface area contributed by atoms with Crippen LogP contribution in [0, 0.1) is 0 Å². The van der Waals surface area contributed by atoms with E-state index in [4.69, 9.17) is 4.74 Å². The molecule has 0 aromatic heterocycles. The summed E-state index contributed by atoms with van der Waals surface area (Å²) < 4.78 is 5.90. The van der Waals surface area contributed by atoms with Gasteiger partial charge in [-0.25, -0.2) is 0 Å². The maximum absolute atomic E-state index is 13.1. The van der Waals surface area contributed by atoms with Gasteiger partial charge in [0.05, 0.1) is 25.2 Å². The maximum atomic E-state index is 13.1. The number of carbonyl (C=O) groups excluding carboxylic acids is 2. The Morgan fingerprint density at radius 1 is 0.491 bits per heavy atom. The van der Waals surface area contributed by atoms with Crippen molar-refractivity contribution in [2.45, 2.75) is 296 Å². The van der Waals surface area contributed by atoms with Crippen molar-refractivity contribution < 1.29 is 24.5 Å². The third-order valence-electron chi connectivity index (χ3n) is 11.8. The zero-order valence-corrected chi connectivity index (χ0v) is 38.5. The first-order chi connectivity index (χ1) is 28.0. The summed E-state index contributed by atoms with van der Waals surface area (Å²) in [6.07, 6.45) is 50.0. The molecule has 0 aliphatic carbocycles. The van der Waals surface area contributed by atoms with Gasteiger partial charge in [-0.15, -0.1) is 0 Å². The van der Waals surface area contributed by atoms with Crippen LogP contribution in [-0.4, -0.2) is 46.9 Å². The molecule has 0 aromatic rings. The van der Waals surface area contributed by atoms with Gasteiger partial charge in [-0.1, -0.05) is 226 Å². The lowest BCUT2D eigenvalue weighted by Gasteiger charge is -2.24. The van der Waals surface area contributed by atoms with Gasteiger partial charge in [-0.05, 0) is 51.4 Å². The Hall–Kier alpha value is -1.40. The zero-order valence-electron chi connectivity index (χ0n) is 38.5. The molecule has 3 atom stereocenters. The van der Waals surface area contributed by atoms with Crippen LogP contribution in [-0.2, 0) is 14.3 Å². The highest BCUT2D eigenvalue weighted by Crippen LogP contribution is 2.18. The van der Waals surface area contributed by atoms with Crippen molar-refractivity contribution in [2.75, 3.05) is 6.61 Å². The third-order valence-corrected chi connectivity index (χ3v) is 11.8. The van der Waals surface area contributed by atoms with Gasteiger partial charge in [-0.2, -0.15) is 0 Å². The number of aliphatic hydroxyl groups excluding tert-OH is 2. The van der Waals surface area contributed by atoms with Gasteiger partial charge in [-0.3, -0.25) is 9.59 Å². The second-order valence-corrected chi connectivity index (χ2v) is 17.6. The van der Waals surface area contributed by atoms with Crippen molar-refractivity contribution in [3.05, 3.63) is 12.2 Å². The Labute approximate surface area is 355 Å². The Morgan fingerprint density at radius 3 is 1.25 bits per heavy atom. The molecule has 0 radical (unpaired) electrons. The van der Waals surface area contributed by atoms with E-state index in [0.717, 1.165) is 51.4 Å². The first-order valence-electron chi connectivity index (χ1n) is 25.4. The number of amides is 1. The molecule has 0 aromatic carbocycles. The molecule has 57 heavy (non-hydrogen) atoms. The fourth-order valence-electron chi connectivity index (χ4n) is 7.96. The van der Waals surface area contributed by atoms with Crippen LogP contribution in [0.25, 0.3) is 0 Å². The Bertz CT molecular complexity index is 863. The number of allylic oxidation sites excluding steroid dienone is 2. The minimum Gasteiger partial charge on any atom is -0.462 e. The first-order valence-corrected chi connectivity index (χ1v) is 25.4. The summed E-state index contributed by atoms with van der Waals surface area (Å²) in [6.45, 7) is 6.47. The van der Waals surface area contributed by atoms with E-state index in [1.165, 1.54) is 180 Å². The van der Waals surface area contributed by atoms with Crippen LogP contribution in [0.15, 0.2) is 12.2 Å². The second-order valence-electron chi connectivity index (χ2n) is 17.6. The van der Waals surface area contributed by atoms with Gasteiger partial charge in [0.15, 0.2) is 0 Å². The number of carbonyl (C=O) groups is 2. The smallest absolute Gasteiger partial charge is 0.306 e. The number of hydrogen-bond donors (Lipinski definition) is 3. The van der Waals surface area contributed by atoms with E-state index in [1.54, 1.807) is 0 Å². The molecular weight excluding hydrogens is 707 g/mol. The van der Waals surface area contributed by atoms with Crippen LogP contribution in [0.3, 0.4) is 0 Å². The highest BCUT2D eigenvalue weighted by molar-refractivity contribution is 5.77. The molecule has 0 spiro atoms. The van der Waals surface area contributed by atoms with Gasteiger partial charge >= 0.3 is 5.97 Å². The van der Waals surface area contributed by atoms with Crippen molar-refractivity contribution in [3.63, 3.8) is 0 Å². The normalized spacial score (nSPS) is 13.3. The molecule has 338 valence electrons. The molecule has 1 amide bonds. The lowest BCUT2D eigenvalue weighted by Crippen LogP contribution is -2.46. The molecule has 0 aliphatic rings. The molecule has 0 heterocycles. The number of esters is 1. The predicted octanol–water partition coefficient (Wildman–Crippen LogP) is 15.0. The average molecular weight is 806 g/mol. The number of nitrogens with one attached hydrogen (secondary N) is 1. The molecule has 0 saturated heterocycles. The van der Waals surface area contributed by atoms with E-state index in [2.05, 4.69) is 38.2 Å². The minimum atomic E-state index is -0.781. The Kier molecular flexibility index (Phi) is 44.6. The molecule has 6 heteroatoms. The second kappa shape index (κ2) is 45.7. The fourth-order valence-corrected chi connectivity index (χ4v) is 7.96. The number of unbranched alkanes of at least 4 members (excludes halogenated alkanes) is 32. The SMILES string of the molecule is CCCCCCCCCCC/C=C/CCCCCCCC(=O)OC(CCCCCCCCCC)CC(=O)NC(CO)C(O)CCCCCCCCCCCCCC. The highest BCUT2D eigenvalue weighted by atomic mass is 16.5. The molecule has 0 bridgehead atoms. The molecule has 0 rings (SSSR count). The number of hydrogen-bond acceptors (Lipinski definition) is 5. The lowest BCUT2D eigenvalue weighted by atomic mass is 10.0. The van der Waals surface area contributed by atoms with E-state index < -0.39 is 18.2 Å². The fraction of sp³-hybridized carbons (Fsp3) is 0.922. The summed E-state index contributed by atoms with van der Waals surface area (Å²) in [5, 5.41) is 23.7. The first kappa shape index (κ1) is 55.6. The van der Waals surface area contributed by atoms with Crippen LogP contribution in [0.1, 0.15) is 278 Å². The third kappa shape index (κ3) is 41.1. The van der Waals surface area contributed by atoms with Crippen molar-refractivity contribution in [1.82, 2.24) is 5.32 Å². The Morgan fingerprint density at radius 2 is 0.842 bits per heavy atom. The molecule has 0 fully saturated rings. The average Bonchev–Trinajstić information content (AvgIpc) is 3.20. The summed E-state index contributed by atoms with van der Waals surface area (Å²) in [5.74, 6) is -0.472. The van der Waals surface area contributed by atoms with Crippen molar-refractivity contribution in [1.29, 1.82) is 0 Å². The molecule has 6 nitrogen and oxygen atoms in total. The number of ether oxygens (including phenoxy) is 1. The van der Waals surface area contributed by atoms with Gasteiger partial charge in [0, 0.05) is 6.42 Å². The number of aliphatic hydroxyl groups is 2. The van der Waals surface area contributed by atoms with Crippen molar-refractivity contribution in [3.8, 4) is 0 Å². The number of rotatable bonds is 46. The largest absolute Gasteiger partial charge is 0.462 e. The molecule has 3 N–H and O–H groups in total. The Balaban J connectivity index is 4.39. The maximum Gasteiger partial charge on any atom is 0.306 e. The molecule has 0 aliphatic heterocycles.